The van der Waals surface area contributed by atoms with Gasteiger partial charge in [0.1, 0.15) is 11.2 Å². The molecule has 4 aromatic carbocycles. The van der Waals surface area contributed by atoms with Gasteiger partial charge >= 0.3 is 0 Å². The van der Waals surface area contributed by atoms with Crippen molar-refractivity contribution in [2.24, 2.45) is 5.41 Å². The van der Waals surface area contributed by atoms with Gasteiger partial charge in [0.2, 0.25) is 0 Å². The molecule has 3 heterocycles. The minimum absolute atomic E-state index is 0.269. The summed E-state index contributed by atoms with van der Waals surface area (Å²) in [4.78, 5) is 6.15. The lowest BCUT2D eigenvalue weighted by atomic mass is 9.88. The van der Waals surface area contributed by atoms with Gasteiger partial charge in [-0.2, -0.15) is 0 Å². The maximum atomic E-state index is 6.48. The van der Waals surface area contributed by atoms with Crippen molar-refractivity contribution in [2.75, 3.05) is 0 Å². The quantitative estimate of drug-likeness (QED) is 0.236. The Morgan fingerprint density at radius 3 is 2.45 bits per heavy atom. The summed E-state index contributed by atoms with van der Waals surface area (Å²) in [5, 5.41) is 6.04. The van der Waals surface area contributed by atoms with Crippen LogP contribution in [0.4, 0.5) is 0 Å². The van der Waals surface area contributed by atoms with Gasteiger partial charge in [-0.25, -0.2) is 0 Å². The van der Waals surface area contributed by atoms with E-state index in [-0.39, 0.29) is 5.41 Å². The lowest BCUT2D eigenvalue weighted by molar-refractivity contribution is 0.411. The van der Waals surface area contributed by atoms with E-state index >= 15 is 0 Å². The van der Waals surface area contributed by atoms with Crippen LogP contribution in [-0.2, 0) is 6.42 Å². The summed E-state index contributed by atoms with van der Waals surface area (Å²) in [5.41, 5.74) is 7.96. The zero-order valence-electron chi connectivity index (χ0n) is 22.1. The predicted octanol–water partition coefficient (Wildman–Crippen LogP) is 10.6. The maximum Gasteiger partial charge on any atom is 0.145 e. The average molecular weight is 512 g/mol. The third-order valence-corrected chi connectivity index (χ3v) is 8.71. The highest BCUT2D eigenvalue weighted by atomic mass is 32.1. The van der Waals surface area contributed by atoms with Crippen LogP contribution in [0.5, 0.6) is 0 Å². The summed E-state index contributed by atoms with van der Waals surface area (Å²) in [6, 6.07) is 30.4. The Balaban J connectivity index is 1.41. The average Bonchev–Trinajstić information content (AvgIpc) is 3.45. The highest BCUT2D eigenvalue weighted by Crippen LogP contribution is 2.43. The summed E-state index contributed by atoms with van der Waals surface area (Å²) in [6.45, 7) is 9.14. The molecule has 0 atom stereocenters. The minimum Gasteiger partial charge on any atom is -0.455 e. The molecule has 7 rings (SSSR count). The molecule has 0 saturated carbocycles. The summed E-state index contributed by atoms with van der Waals surface area (Å²) < 4.78 is 7.83. The van der Waals surface area contributed by atoms with E-state index in [2.05, 4.69) is 100 Å². The number of benzene rings is 4. The fraction of sp³-hybridized carbons (Fsp3) is 0.171. The third kappa shape index (κ3) is 3.81. The van der Waals surface area contributed by atoms with Crippen LogP contribution in [0.3, 0.4) is 0 Å². The highest BCUT2D eigenvalue weighted by Gasteiger charge is 2.19. The first-order valence-corrected chi connectivity index (χ1v) is 14.0. The van der Waals surface area contributed by atoms with Gasteiger partial charge in [-0.3, -0.25) is 4.98 Å². The van der Waals surface area contributed by atoms with Gasteiger partial charge in [0, 0.05) is 32.1 Å². The first-order valence-electron chi connectivity index (χ1n) is 13.2. The van der Waals surface area contributed by atoms with Crippen molar-refractivity contribution in [3.05, 3.63) is 102 Å². The number of furan rings is 1. The molecule has 0 bridgehead atoms. The van der Waals surface area contributed by atoms with Crippen LogP contribution < -0.4 is 0 Å². The summed E-state index contributed by atoms with van der Waals surface area (Å²) in [7, 11) is 0. The van der Waals surface area contributed by atoms with E-state index in [1.807, 2.05) is 29.7 Å². The molecule has 0 aliphatic rings. The fourth-order valence-electron chi connectivity index (χ4n) is 5.75. The molecule has 38 heavy (non-hydrogen) atoms. The Morgan fingerprint density at radius 1 is 0.816 bits per heavy atom. The second-order valence-corrected chi connectivity index (χ2v) is 12.6. The second-order valence-electron chi connectivity index (χ2n) is 11.5. The zero-order chi connectivity index (χ0) is 26.0. The molecule has 0 N–H and O–H groups in total. The number of para-hydroxylation sites is 1. The molecule has 7 aromatic rings. The van der Waals surface area contributed by atoms with Crippen molar-refractivity contribution in [3.8, 4) is 21.7 Å². The maximum absolute atomic E-state index is 6.48. The van der Waals surface area contributed by atoms with E-state index < -0.39 is 0 Å². The number of fused-ring (bicyclic) bond motifs is 6. The van der Waals surface area contributed by atoms with Gasteiger partial charge < -0.3 is 4.42 Å². The second kappa shape index (κ2) is 8.54. The SMILES string of the molecule is Cc1c(-c2ccnc(-c3cc4ccccc4c4c3oc3ccccc34)c2)sc2cc(CC(C)(C)C)ccc12. The number of hydrogen-bond donors (Lipinski definition) is 0. The van der Waals surface area contributed by atoms with Gasteiger partial charge in [-0.05, 0) is 81.9 Å². The van der Waals surface area contributed by atoms with Crippen molar-refractivity contribution >= 4 is 54.1 Å². The molecule has 2 nitrogen and oxygen atoms in total. The molecule has 0 unspecified atom stereocenters. The standard InChI is InChI=1S/C35H29NOS/c1-21-25-14-13-22(20-35(2,3)4)17-31(25)38-34(21)24-15-16-36-29(19-24)28-18-23-9-5-6-10-26(23)32-27-11-7-8-12-30(27)37-33(28)32/h5-19H,20H2,1-4H3. The number of nitrogens with zero attached hydrogens (tertiary/aromatic N) is 1. The van der Waals surface area contributed by atoms with Crippen molar-refractivity contribution < 1.29 is 4.42 Å². The van der Waals surface area contributed by atoms with Crippen LogP contribution in [0.1, 0.15) is 31.9 Å². The normalized spacial score (nSPS) is 12.3. The Labute approximate surface area is 226 Å². The molecule has 0 aliphatic heterocycles. The number of aromatic nitrogens is 1. The van der Waals surface area contributed by atoms with E-state index in [1.165, 1.54) is 42.4 Å². The molecule has 0 aliphatic carbocycles. The van der Waals surface area contributed by atoms with Gasteiger partial charge in [0.25, 0.3) is 0 Å². The summed E-state index contributed by atoms with van der Waals surface area (Å²) in [6.07, 6.45) is 3.01. The van der Waals surface area contributed by atoms with E-state index in [9.17, 15) is 0 Å². The first-order chi connectivity index (χ1) is 18.4. The predicted molar refractivity (Wildman–Crippen MR) is 163 cm³/mol. The molecule has 0 saturated heterocycles. The van der Waals surface area contributed by atoms with Crippen molar-refractivity contribution in [1.82, 2.24) is 4.98 Å². The van der Waals surface area contributed by atoms with Crippen LogP contribution in [0.15, 0.2) is 95.5 Å². The Hall–Kier alpha value is -3.95. The largest absolute Gasteiger partial charge is 0.455 e. The minimum atomic E-state index is 0.269. The molecule has 0 fully saturated rings. The van der Waals surface area contributed by atoms with Crippen molar-refractivity contribution in [3.63, 3.8) is 0 Å². The zero-order valence-corrected chi connectivity index (χ0v) is 22.9. The van der Waals surface area contributed by atoms with Crippen LogP contribution in [0.2, 0.25) is 0 Å². The Kier molecular flexibility index (Phi) is 5.21. The Bertz CT molecular complexity index is 2000. The number of rotatable bonds is 3. The fourth-order valence-corrected chi connectivity index (χ4v) is 7.02. The van der Waals surface area contributed by atoms with Crippen LogP contribution >= 0.6 is 11.3 Å². The smallest absolute Gasteiger partial charge is 0.145 e. The van der Waals surface area contributed by atoms with Crippen LogP contribution in [0, 0.1) is 12.3 Å². The third-order valence-electron chi connectivity index (χ3n) is 7.41. The molecule has 186 valence electrons. The van der Waals surface area contributed by atoms with Gasteiger partial charge in [-0.15, -0.1) is 11.3 Å². The van der Waals surface area contributed by atoms with Gasteiger partial charge in [0.05, 0.1) is 5.69 Å². The van der Waals surface area contributed by atoms with Gasteiger partial charge in [-0.1, -0.05) is 75.4 Å². The molecule has 0 radical (unpaired) electrons. The number of thiophene rings is 1. The van der Waals surface area contributed by atoms with E-state index in [1.54, 1.807) is 0 Å². The lowest BCUT2D eigenvalue weighted by Crippen LogP contribution is -2.08. The van der Waals surface area contributed by atoms with E-state index in [0.29, 0.717) is 0 Å². The summed E-state index contributed by atoms with van der Waals surface area (Å²) >= 11 is 1.88. The monoisotopic (exact) mass is 511 g/mol. The molecule has 0 spiro atoms. The first kappa shape index (κ1) is 23.2. The number of pyridine rings is 1. The van der Waals surface area contributed by atoms with Crippen molar-refractivity contribution in [1.29, 1.82) is 0 Å². The lowest BCUT2D eigenvalue weighted by Gasteiger charge is -2.17. The number of hydrogen-bond acceptors (Lipinski definition) is 3. The van der Waals surface area contributed by atoms with Crippen molar-refractivity contribution in [2.45, 2.75) is 34.1 Å². The molecular weight excluding hydrogens is 482 g/mol. The van der Waals surface area contributed by atoms with E-state index in [4.69, 9.17) is 9.40 Å². The molecule has 3 heteroatoms. The topological polar surface area (TPSA) is 26.0 Å². The molecule has 3 aromatic heterocycles. The molecular formula is C35H29NOS. The van der Waals surface area contributed by atoms with Gasteiger partial charge in [0.15, 0.2) is 0 Å². The Morgan fingerprint density at radius 2 is 1.61 bits per heavy atom. The summed E-state index contributed by atoms with van der Waals surface area (Å²) in [5.74, 6) is 0. The van der Waals surface area contributed by atoms with Crippen LogP contribution in [0.25, 0.3) is 64.5 Å². The molecule has 0 amide bonds. The highest BCUT2D eigenvalue weighted by molar-refractivity contribution is 7.22. The van der Waals surface area contributed by atoms with E-state index in [0.717, 1.165) is 39.6 Å². The number of aryl methyl sites for hydroxylation is 1. The van der Waals surface area contributed by atoms with Crippen LogP contribution in [-0.4, -0.2) is 4.98 Å².